The third-order valence-electron chi connectivity index (χ3n) is 5.09. The molecule has 0 aromatic heterocycles. The van der Waals surface area contributed by atoms with Gasteiger partial charge in [0.05, 0.1) is 16.5 Å². The maximum atomic E-state index is 13.2. The first-order chi connectivity index (χ1) is 14.5. The highest BCUT2D eigenvalue weighted by Gasteiger charge is 2.34. The lowest BCUT2D eigenvalue weighted by atomic mass is 10.1. The Labute approximate surface area is 185 Å². The molecule has 0 saturated carbocycles. The number of amidine groups is 1. The normalized spacial score (nSPS) is 17.7. The molecule has 2 aliphatic heterocycles. The number of aryl methyl sites for hydroxylation is 1. The van der Waals surface area contributed by atoms with Crippen LogP contribution in [-0.4, -0.2) is 40.7 Å². The SMILES string of the molecule is Cc1ccc(C=C2N=C(SCC(=O)N3CCCC3)N(c3ccccc3Cl)C2=O)cc1. The molecular weight excluding hydrogens is 418 g/mol. The highest BCUT2D eigenvalue weighted by molar-refractivity contribution is 8.14. The minimum atomic E-state index is -0.250. The molecule has 2 aromatic carbocycles. The smallest absolute Gasteiger partial charge is 0.283 e. The molecule has 2 aliphatic rings. The van der Waals surface area contributed by atoms with Crippen molar-refractivity contribution in [1.82, 2.24) is 4.90 Å². The van der Waals surface area contributed by atoms with E-state index in [4.69, 9.17) is 11.6 Å². The Kier molecular flexibility index (Phi) is 6.25. The fraction of sp³-hybridized carbons (Fsp3) is 0.261. The first-order valence-corrected chi connectivity index (χ1v) is 11.3. The van der Waals surface area contributed by atoms with Crippen LogP contribution in [0.15, 0.2) is 59.2 Å². The van der Waals surface area contributed by atoms with Crippen LogP contribution >= 0.6 is 23.4 Å². The summed E-state index contributed by atoms with van der Waals surface area (Å²) in [5, 5.41) is 0.931. The van der Waals surface area contributed by atoms with Crippen LogP contribution in [0.2, 0.25) is 5.02 Å². The molecule has 0 unspecified atom stereocenters. The number of aliphatic imine (C=N–C) groups is 1. The summed E-state index contributed by atoms with van der Waals surface area (Å²) in [5.41, 5.74) is 2.94. The molecule has 0 radical (unpaired) electrons. The summed E-state index contributed by atoms with van der Waals surface area (Å²) in [6.45, 7) is 3.62. The molecule has 2 heterocycles. The van der Waals surface area contributed by atoms with Crippen molar-refractivity contribution in [1.29, 1.82) is 0 Å². The number of thioether (sulfide) groups is 1. The van der Waals surface area contributed by atoms with E-state index in [9.17, 15) is 9.59 Å². The Morgan fingerprint density at radius 2 is 1.83 bits per heavy atom. The summed E-state index contributed by atoms with van der Waals surface area (Å²) in [7, 11) is 0. The van der Waals surface area contributed by atoms with Gasteiger partial charge in [0.25, 0.3) is 5.91 Å². The number of likely N-dealkylation sites (tertiary alicyclic amines) is 1. The van der Waals surface area contributed by atoms with Crippen LogP contribution in [0.25, 0.3) is 6.08 Å². The first-order valence-electron chi connectivity index (χ1n) is 9.89. The fourth-order valence-electron chi connectivity index (χ4n) is 3.44. The predicted octanol–water partition coefficient (Wildman–Crippen LogP) is 4.75. The summed E-state index contributed by atoms with van der Waals surface area (Å²) in [6, 6.07) is 15.1. The minimum absolute atomic E-state index is 0.0720. The second-order valence-corrected chi connectivity index (χ2v) is 8.65. The zero-order valence-corrected chi connectivity index (χ0v) is 18.2. The van der Waals surface area contributed by atoms with Gasteiger partial charge in [-0.05, 0) is 43.5 Å². The zero-order chi connectivity index (χ0) is 21.1. The largest absolute Gasteiger partial charge is 0.342 e. The van der Waals surface area contributed by atoms with Crippen molar-refractivity contribution >= 4 is 52.1 Å². The number of anilines is 1. The number of nitrogens with zero attached hydrogens (tertiary/aromatic N) is 3. The topological polar surface area (TPSA) is 53.0 Å². The third kappa shape index (κ3) is 4.45. The van der Waals surface area contributed by atoms with E-state index < -0.39 is 0 Å². The summed E-state index contributed by atoms with van der Waals surface area (Å²) in [5.74, 6) is 0.0627. The van der Waals surface area contributed by atoms with Gasteiger partial charge in [-0.1, -0.05) is 65.3 Å². The van der Waals surface area contributed by atoms with Gasteiger partial charge in [0.2, 0.25) is 5.91 Å². The average molecular weight is 440 g/mol. The molecular formula is C23H22ClN3O2S. The van der Waals surface area contributed by atoms with Crippen molar-refractivity contribution in [2.45, 2.75) is 19.8 Å². The van der Waals surface area contributed by atoms with Gasteiger partial charge in [-0.2, -0.15) is 0 Å². The first kappa shape index (κ1) is 20.7. The van der Waals surface area contributed by atoms with Crippen LogP contribution in [0.5, 0.6) is 0 Å². The number of halogens is 1. The van der Waals surface area contributed by atoms with Gasteiger partial charge in [0, 0.05) is 13.1 Å². The maximum absolute atomic E-state index is 13.2. The van der Waals surface area contributed by atoms with Crippen LogP contribution in [0.4, 0.5) is 5.69 Å². The third-order valence-corrected chi connectivity index (χ3v) is 6.33. The zero-order valence-electron chi connectivity index (χ0n) is 16.7. The Bertz CT molecular complexity index is 1030. The molecule has 2 amide bonds. The van der Waals surface area contributed by atoms with Gasteiger partial charge < -0.3 is 4.90 Å². The number of benzene rings is 2. The van der Waals surface area contributed by atoms with E-state index in [1.54, 1.807) is 18.2 Å². The van der Waals surface area contributed by atoms with E-state index in [0.717, 1.165) is 37.1 Å². The number of rotatable bonds is 4. The van der Waals surface area contributed by atoms with Crippen molar-refractivity contribution in [2.24, 2.45) is 4.99 Å². The standard InChI is InChI=1S/C23H22ClN3O2S/c1-16-8-10-17(11-9-16)14-19-22(29)27(20-7-3-2-6-18(20)24)23(25-19)30-15-21(28)26-12-4-5-13-26/h2-3,6-11,14H,4-5,12-13,15H2,1H3. The van der Waals surface area contributed by atoms with Crippen LogP contribution in [0, 0.1) is 6.92 Å². The molecule has 1 fully saturated rings. The average Bonchev–Trinajstić information content (AvgIpc) is 3.38. The number of carbonyl (C=O) groups excluding carboxylic acids is 2. The molecule has 5 nitrogen and oxygen atoms in total. The summed E-state index contributed by atoms with van der Waals surface area (Å²) in [4.78, 5) is 33.7. The van der Waals surface area contributed by atoms with E-state index in [1.165, 1.54) is 16.7 Å². The number of hydrogen-bond acceptors (Lipinski definition) is 4. The van der Waals surface area contributed by atoms with Crippen LogP contribution < -0.4 is 4.90 Å². The predicted molar refractivity (Wildman–Crippen MR) is 124 cm³/mol. The molecule has 0 spiro atoms. The van der Waals surface area contributed by atoms with E-state index in [0.29, 0.717) is 21.6 Å². The number of carbonyl (C=O) groups is 2. The number of amides is 2. The van der Waals surface area contributed by atoms with Gasteiger partial charge in [-0.25, -0.2) is 4.99 Å². The van der Waals surface area contributed by atoms with E-state index in [-0.39, 0.29) is 17.6 Å². The monoisotopic (exact) mass is 439 g/mol. The highest BCUT2D eigenvalue weighted by atomic mass is 35.5. The Morgan fingerprint density at radius 1 is 1.13 bits per heavy atom. The Morgan fingerprint density at radius 3 is 2.53 bits per heavy atom. The molecule has 30 heavy (non-hydrogen) atoms. The lowest BCUT2D eigenvalue weighted by Crippen LogP contribution is -2.33. The molecule has 2 aromatic rings. The molecule has 0 N–H and O–H groups in total. The van der Waals surface area contributed by atoms with Gasteiger partial charge in [-0.15, -0.1) is 0 Å². The lowest BCUT2D eigenvalue weighted by molar-refractivity contribution is -0.127. The molecule has 7 heteroatoms. The van der Waals surface area contributed by atoms with Crippen molar-refractivity contribution < 1.29 is 9.59 Å². The second-order valence-electron chi connectivity index (χ2n) is 7.30. The van der Waals surface area contributed by atoms with Crippen molar-refractivity contribution in [3.05, 3.63) is 70.4 Å². The Balaban J connectivity index is 1.62. The van der Waals surface area contributed by atoms with Crippen molar-refractivity contribution in [3.63, 3.8) is 0 Å². The van der Waals surface area contributed by atoms with Gasteiger partial charge in [0.1, 0.15) is 5.70 Å². The lowest BCUT2D eigenvalue weighted by Gasteiger charge is -2.20. The Hall–Kier alpha value is -2.57. The van der Waals surface area contributed by atoms with E-state index >= 15 is 0 Å². The molecule has 154 valence electrons. The molecule has 0 atom stereocenters. The van der Waals surface area contributed by atoms with Gasteiger partial charge in [0.15, 0.2) is 5.17 Å². The number of para-hydroxylation sites is 1. The van der Waals surface area contributed by atoms with Gasteiger partial charge in [-0.3, -0.25) is 14.5 Å². The molecule has 0 aliphatic carbocycles. The number of hydrogen-bond donors (Lipinski definition) is 0. The highest BCUT2D eigenvalue weighted by Crippen LogP contribution is 2.34. The van der Waals surface area contributed by atoms with Gasteiger partial charge >= 0.3 is 0 Å². The van der Waals surface area contributed by atoms with Crippen molar-refractivity contribution in [2.75, 3.05) is 23.7 Å². The van der Waals surface area contributed by atoms with E-state index in [2.05, 4.69) is 4.99 Å². The molecule has 1 saturated heterocycles. The maximum Gasteiger partial charge on any atom is 0.283 e. The van der Waals surface area contributed by atoms with Crippen LogP contribution in [-0.2, 0) is 9.59 Å². The molecule has 4 rings (SSSR count). The minimum Gasteiger partial charge on any atom is -0.342 e. The van der Waals surface area contributed by atoms with Crippen LogP contribution in [0.1, 0.15) is 24.0 Å². The summed E-state index contributed by atoms with van der Waals surface area (Å²) < 4.78 is 0. The van der Waals surface area contributed by atoms with E-state index in [1.807, 2.05) is 48.2 Å². The molecule has 0 bridgehead atoms. The van der Waals surface area contributed by atoms with Crippen LogP contribution in [0.3, 0.4) is 0 Å². The second kappa shape index (κ2) is 9.06. The quantitative estimate of drug-likeness (QED) is 0.646. The van der Waals surface area contributed by atoms with Crippen molar-refractivity contribution in [3.8, 4) is 0 Å². The fourth-order valence-corrected chi connectivity index (χ4v) is 4.57. The summed E-state index contributed by atoms with van der Waals surface area (Å²) >= 11 is 7.65. The summed E-state index contributed by atoms with van der Waals surface area (Å²) in [6.07, 6.45) is 3.86.